The van der Waals surface area contributed by atoms with E-state index in [9.17, 15) is 5.11 Å². The third-order valence-electron chi connectivity index (χ3n) is 4.27. The molecule has 20 heavy (non-hydrogen) atoms. The van der Waals surface area contributed by atoms with Crippen LogP contribution in [-0.4, -0.2) is 26.6 Å². The molecule has 0 amide bonds. The summed E-state index contributed by atoms with van der Waals surface area (Å²) in [5.41, 5.74) is 1.80. The monoisotopic (exact) mass is 293 g/mol. The van der Waals surface area contributed by atoms with Crippen LogP contribution < -0.4 is 5.32 Å². The van der Waals surface area contributed by atoms with Gasteiger partial charge in [-0.3, -0.25) is 4.40 Å². The van der Waals surface area contributed by atoms with Gasteiger partial charge in [0.25, 0.3) is 0 Å². The first-order valence-electron chi connectivity index (χ1n) is 7.44. The maximum atomic E-state index is 10.5. The van der Waals surface area contributed by atoms with Gasteiger partial charge in [-0.15, -0.1) is 11.3 Å². The second-order valence-electron chi connectivity index (χ2n) is 6.03. The average Bonchev–Trinajstić information content (AvgIpc) is 2.87. The number of aromatic nitrogens is 2. The summed E-state index contributed by atoms with van der Waals surface area (Å²) in [5.74, 6) is 0. The average molecular weight is 293 g/mol. The summed E-state index contributed by atoms with van der Waals surface area (Å²) in [6.45, 7) is 5.62. The Morgan fingerprint density at radius 2 is 2.10 bits per heavy atom. The van der Waals surface area contributed by atoms with Crippen LogP contribution >= 0.6 is 11.3 Å². The van der Waals surface area contributed by atoms with Gasteiger partial charge in [-0.25, -0.2) is 4.98 Å². The molecule has 0 spiro atoms. The number of hydrogen-bond acceptors (Lipinski definition) is 4. The molecule has 3 rings (SSSR count). The van der Waals surface area contributed by atoms with E-state index in [0.717, 1.165) is 42.9 Å². The van der Waals surface area contributed by atoms with Crippen LogP contribution in [0.4, 0.5) is 0 Å². The largest absolute Gasteiger partial charge is 0.389 e. The van der Waals surface area contributed by atoms with Crippen LogP contribution in [0.2, 0.25) is 0 Å². The van der Waals surface area contributed by atoms with Crippen molar-refractivity contribution in [3.63, 3.8) is 0 Å². The second-order valence-corrected chi connectivity index (χ2v) is 7.24. The predicted molar refractivity (Wildman–Crippen MR) is 82.3 cm³/mol. The molecule has 0 atom stereocenters. The second kappa shape index (κ2) is 5.47. The van der Waals surface area contributed by atoms with Gasteiger partial charge < -0.3 is 10.4 Å². The molecule has 110 valence electrons. The van der Waals surface area contributed by atoms with Gasteiger partial charge in [0.1, 0.15) is 0 Å². The number of imidazole rings is 1. The minimum absolute atomic E-state index is 0.499. The van der Waals surface area contributed by atoms with Gasteiger partial charge in [0, 0.05) is 24.2 Å². The molecular formula is C15H23N3OS. The van der Waals surface area contributed by atoms with Gasteiger partial charge in [-0.1, -0.05) is 19.3 Å². The van der Waals surface area contributed by atoms with Crippen LogP contribution in [-0.2, 0) is 6.54 Å². The van der Waals surface area contributed by atoms with E-state index in [0.29, 0.717) is 6.54 Å². The molecule has 0 saturated heterocycles. The zero-order valence-electron chi connectivity index (χ0n) is 12.3. The summed E-state index contributed by atoms with van der Waals surface area (Å²) >= 11 is 1.72. The van der Waals surface area contributed by atoms with Gasteiger partial charge in [0.2, 0.25) is 0 Å². The zero-order valence-corrected chi connectivity index (χ0v) is 13.1. The Bertz CT molecular complexity index is 596. The van der Waals surface area contributed by atoms with Gasteiger partial charge in [0.05, 0.1) is 17.0 Å². The normalized spacial score (nSPS) is 18.8. The fourth-order valence-corrected chi connectivity index (χ4v) is 4.01. The SMILES string of the molecule is Cc1cn2c(CNCC3(O)CCCCC3)c(C)nc2s1. The fraction of sp³-hybridized carbons (Fsp3) is 0.667. The molecule has 1 aliphatic rings. The smallest absolute Gasteiger partial charge is 0.194 e. The van der Waals surface area contributed by atoms with Crippen LogP contribution in [0.15, 0.2) is 6.20 Å². The Kier molecular flexibility index (Phi) is 3.84. The van der Waals surface area contributed by atoms with Crippen molar-refractivity contribution in [1.29, 1.82) is 0 Å². The molecule has 1 saturated carbocycles. The number of rotatable bonds is 4. The van der Waals surface area contributed by atoms with Crippen LogP contribution in [0.25, 0.3) is 4.96 Å². The van der Waals surface area contributed by atoms with Gasteiger partial charge >= 0.3 is 0 Å². The predicted octanol–water partition coefficient (Wildman–Crippen LogP) is 2.80. The maximum Gasteiger partial charge on any atom is 0.194 e. The third kappa shape index (κ3) is 2.75. The number of nitrogens with zero attached hydrogens (tertiary/aromatic N) is 2. The number of fused-ring (bicyclic) bond motifs is 1. The number of thiazole rings is 1. The molecule has 2 aromatic heterocycles. The van der Waals surface area contributed by atoms with Crippen molar-refractivity contribution >= 4 is 16.3 Å². The first-order valence-corrected chi connectivity index (χ1v) is 8.26. The molecule has 1 fully saturated rings. The summed E-state index contributed by atoms with van der Waals surface area (Å²) in [6.07, 6.45) is 7.57. The highest BCUT2D eigenvalue weighted by Crippen LogP contribution is 2.27. The van der Waals surface area contributed by atoms with Crippen molar-refractivity contribution in [2.45, 2.75) is 58.1 Å². The zero-order chi connectivity index (χ0) is 14.2. The highest BCUT2D eigenvalue weighted by molar-refractivity contribution is 7.17. The van der Waals surface area contributed by atoms with Gasteiger partial charge in [-0.05, 0) is 26.7 Å². The molecule has 5 heteroatoms. The third-order valence-corrected chi connectivity index (χ3v) is 5.17. The summed E-state index contributed by atoms with van der Waals surface area (Å²) in [7, 11) is 0. The molecule has 0 radical (unpaired) electrons. The molecule has 1 aliphatic carbocycles. The van der Waals surface area contributed by atoms with Crippen molar-refractivity contribution < 1.29 is 5.11 Å². The standard InChI is InChI=1S/C15H23N3OS/c1-11-9-18-13(12(2)17-14(18)20-11)8-16-10-15(19)6-4-3-5-7-15/h9,16,19H,3-8,10H2,1-2H3. The Balaban J connectivity index is 1.66. The Morgan fingerprint density at radius 3 is 2.85 bits per heavy atom. The van der Waals surface area contributed by atoms with E-state index in [1.165, 1.54) is 17.0 Å². The van der Waals surface area contributed by atoms with E-state index >= 15 is 0 Å². The topological polar surface area (TPSA) is 49.6 Å². The quantitative estimate of drug-likeness (QED) is 0.911. The maximum absolute atomic E-state index is 10.5. The van der Waals surface area contributed by atoms with E-state index in [-0.39, 0.29) is 0 Å². The van der Waals surface area contributed by atoms with Gasteiger partial charge in [0.15, 0.2) is 4.96 Å². The lowest BCUT2D eigenvalue weighted by Gasteiger charge is -2.32. The number of nitrogens with one attached hydrogen (secondary N) is 1. The molecule has 0 bridgehead atoms. The van der Waals surface area contributed by atoms with E-state index in [2.05, 4.69) is 34.7 Å². The lowest BCUT2D eigenvalue weighted by Crippen LogP contribution is -2.42. The lowest BCUT2D eigenvalue weighted by molar-refractivity contribution is 0.00459. The number of hydrogen-bond donors (Lipinski definition) is 2. The van der Waals surface area contributed by atoms with E-state index in [1.807, 2.05) is 0 Å². The lowest BCUT2D eigenvalue weighted by atomic mass is 9.85. The van der Waals surface area contributed by atoms with E-state index in [4.69, 9.17) is 0 Å². The fourth-order valence-electron chi connectivity index (χ4n) is 3.12. The van der Waals surface area contributed by atoms with Crippen molar-refractivity contribution in [2.75, 3.05) is 6.54 Å². The van der Waals surface area contributed by atoms with Crippen molar-refractivity contribution in [3.05, 3.63) is 22.5 Å². The first-order chi connectivity index (χ1) is 9.57. The molecular weight excluding hydrogens is 270 g/mol. The van der Waals surface area contributed by atoms with Crippen molar-refractivity contribution in [1.82, 2.24) is 14.7 Å². The van der Waals surface area contributed by atoms with Crippen molar-refractivity contribution in [2.24, 2.45) is 0 Å². The minimum Gasteiger partial charge on any atom is -0.389 e. The first kappa shape index (κ1) is 14.0. The molecule has 4 nitrogen and oxygen atoms in total. The van der Waals surface area contributed by atoms with E-state index < -0.39 is 5.60 Å². The van der Waals surface area contributed by atoms with E-state index in [1.54, 1.807) is 11.3 Å². The van der Waals surface area contributed by atoms with Crippen LogP contribution in [0, 0.1) is 13.8 Å². The molecule has 0 unspecified atom stereocenters. The number of aliphatic hydroxyl groups is 1. The Labute approximate surface area is 123 Å². The number of aryl methyl sites for hydroxylation is 2. The van der Waals surface area contributed by atoms with Crippen LogP contribution in [0.1, 0.15) is 48.4 Å². The molecule has 0 aromatic carbocycles. The minimum atomic E-state index is -0.499. The van der Waals surface area contributed by atoms with Crippen molar-refractivity contribution in [3.8, 4) is 0 Å². The Hall–Kier alpha value is -0.910. The Morgan fingerprint density at radius 1 is 1.35 bits per heavy atom. The summed E-state index contributed by atoms with van der Waals surface area (Å²) in [5, 5.41) is 13.9. The molecule has 2 aromatic rings. The van der Waals surface area contributed by atoms with Gasteiger partial charge in [-0.2, -0.15) is 0 Å². The molecule has 0 aliphatic heterocycles. The molecule has 2 N–H and O–H groups in total. The van der Waals surface area contributed by atoms with Crippen LogP contribution in [0.5, 0.6) is 0 Å². The summed E-state index contributed by atoms with van der Waals surface area (Å²) in [6, 6.07) is 0. The van der Waals surface area contributed by atoms with Crippen LogP contribution in [0.3, 0.4) is 0 Å². The highest BCUT2D eigenvalue weighted by Gasteiger charge is 2.28. The summed E-state index contributed by atoms with van der Waals surface area (Å²) in [4.78, 5) is 6.94. The summed E-state index contributed by atoms with van der Waals surface area (Å²) < 4.78 is 2.17. The molecule has 2 heterocycles. The highest BCUT2D eigenvalue weighted by atomic mass is 32.1.